The van der Waals surface area contributed by atoms with Crippen LogP contribution in [0.15, 0.2) is 18.2 Å². The Morgan fingerprint density at radius 2 is 1.89 bits per heavy atom. The number of hydrogen-bond acceptors (Lipinski definition) is 5. The number of Topliss-reactive ketones (excluding diaryl/α,β-unsaturated/α-hetero) is 1. The highest BCUT2D eigenvalue weighted by Crippen LogP contribution is 2.52. The average molecular weight is 263 g/mol. The third kappa shape index (κ3) is 1.89. The minimum absolute atomic E-state index is 0.0112. The molecule has 0 atom stereocenters. The minimum atomic E-state index is -0.609. The van der Waals surface area contributed by atoms with Gasteiger partial charge in [-0.25, -0.2) is 0 Å². The van der Waals surface area contributed by atoms with Crippen molar-refractivity contribution in [3.63, 3.8) is 0 Å². The Morgan fingerprint density at radius 3 is 2.47 bits per heavy atom. The summed E-state index contributed by atoms with van der Waals surface area (Å²) in [5, 5.41) is 18.2. The lowest BCUT2D eigenvalue weighted by molar-refractivity contribution is 0.0820. The number of para-hydroxylation sites is 1. The van der Waals surface area contributed by atoms with Crippen molar-refractivity contribution < 1.29 is 19.7 Å². The van der Waals surface area contributed by atoms with Gasteiger partial charge in [0.25, 0.3) is 0 Å². The molecule has 1 aromatic rings. The van der Waals surface area contributed by atoms with Crippen molar-refractivity contribution in [2.75, 3.05) is 31.2 Å². The van der Waals surface area contributed by atoms with Gasteiger partial charge >= 0.3 is 0 Å². The van der Waals surface area contributed by atoms with Gasteiger partial charge in [-0.3, -0.25) is 4.79 Å². The van der Waals surface area contributed by atoms with E-state index >= 15 is 0 Å². The number of aliphatic hydroxyl groups is 2. The molecule has 1 saturated carbocycles. The molecule has 1 aliphatic carbocycles. The van der Waals surface area contributed by atoms with Crippen molar-refractivity contribution >= 4 is 11.5 Å². The summed E-state index contributed by atoms with van der Waals surface area (Å²) >= 11 is 0. The van der Waals surface area contributed by atoms with Crippen LogP contribution in [0.1, 0.15) is 23.2 Å². The van der Waals surface area contributed by atoms with Gasteiger partial charge in [0.05, 0.1) is 24.5 Å². The Balaban J connectivity index is 1.98. The molecule has 0 bridgehead atoms. The fourth-order valence-electron chi connectivity index (χ4n) is 2.58. The van der Waals surface area contributed by atoms with Crippen LogP contribution < -0.4 is 9.64 Å². The fraction of sp³-hybridized carbons (Fsp3) is 0.500. The van der Waals surface area contributed by atoms with Crippen LogP contribution in [-0.4, -0.2) is 47.9 Å². The van der Waals surface area contributed by atoms with E-state index in [4.69, 9.17) is 14.9 Å². The van der Waals surface area contributed by atoms with Crippen LogP contribution in [0.2, 0.25) is 0 Å². The highest BCUT2D eigenvalue weighted by molar-refractivity contribution is 6.10. The lowest BCUT2D eigenvalue weighted by Crippen LogP contribution is -2.30. The first kappa shape index (κ1) is 12.4. The van der Waals surface area contributed by atoms with E-state index in [1.165, 1.54) is 0 Å². The number of carbonyl (C=O) groups is 1. The molecular weight excluding hydrogens is 246 g/mol. The number of ether oxygens (including phenoxy) is 1. The van der Waals surface area contributed by atoms with E-state index in [1.54, 1.807) is 6.07 Å². The maximum Gasteiger partial charge on any atom is 0.210 e. The van der Waals surface area contributed by atoms with E-state index in [-0.39, 0.29) is 19.0 Å². The van der Waals surface area contributed by atoms with Crippen molar-refractivity contribution in [2.24, 2.45) is 0 Å². The second-order valence-corrected chi connectivity index (χ2v) is 5.01. The molecule has 5 nitrogen and oxygen atoms in total. The number of hydrogen-bond donors (Lipinski definition) is 2. The van der Waals surface area contributed by atoms with Crippen LogP contribution in [0.4, 0.5) is 5.69 Å². The molecule has 2 N–H and O–H groups in total. The molecule has 102 valence electrons. The van der Waals surface area contributed by atoms with Gasteiger partial charge in [-0.05, 0) is 25.0 Å². The largest absolute Gasteiger partial charge is 0.476 e. The quantitative estimate of drug-likeness (QED) is 0.813. The summed E-state index contributed by atoms with van der Waals surface area (Å²) in [6, 6.07) is 5.46. The molecule has 5 heteroatoms. The lowest BCUT2D eigenvalue weighted by atomic mass is 10.1. The number of benzene rings is 1. The van der Waals surface area contributed by atoms with Crippen LogP contribution in [0.25, 0.3) is 0 Å². The Kier molecular flexibility index (Phi) is 2.95. The van der Waals surface area contributed by atoms with Crippen LogP contribution >= 0.6 is 0 Å². The van der Waals surface area contributed by atoms with Crippen molar-refractivity contribution in [2.45, 2.75) is 18.4 Å². The molecular formula is C14H17NO4. The first-order valence-corrected chi connectivity index (χ1v) is 6.55. The fourth-order valence-corrected chi connectivity index (χ4v) is 2.58. The molecule has 1 aromatic carbocycles. The van der Waals surface area contributed by atoms with Gasteiger partial charge in [-0.2, -0.15) is 0 Å². The predicted molar refractivity (Wildman–Crippen MR) is 69.8 cm³/mol. The lowest BCUT2D eigenvalue weighted by Gasteiger charge is -2.24. The van der Waals surface area contributed by atoms with Crippen LogP contribution in [-0.2, 0) is 0 Å². The molecule has 2 aliphatic rings. The van der Waals surface area contributed by atoms with Crippen molar-refractivity contribution in [3.8, 4) is 5.75 Å². The number of carbonyl (C=O) groups excluding carboxylic acids is 1. The molecule has 1 aliphatic heterocycles. The Hall–Kier alpha value is -1.59. The van der Waals surface area contributed by atoms with E-state index in [1.807, 2.05) is 17.0 Å². The summed E-state index contributed by atoms with van der Waals surface area (Å²) < 4.78 is 5.87. The van der Waals surface area contributed by atoms with E-state index in [9.17, 15) is 4.79 Å². The summed E-state index contributed by atoms with van der Waals surface area (Å²) in [6.45, 7) is 0.786. The molecule has 0 aromatic heterocycles. The highest BCUT2D eigenvalue weighted by atomic mass is 16.5. The molecule has 3 rings (SSSR count). The maximum atomic E-state index is 12.2. The van der Waals surface area contributed by atoms with Crippen LogP contribution in [0, 0.1) is 0 Å². The summed E-state index contributed by atoms with van der Waals surface area (Å²) in [6.07, 6.45) is 1.56. The van der Waals surface area contributed by atoms with Gasteiger partial charge in [0.2, 0.25) is 5.78 Å². The predicted octanol–water partition coefficient (Wildman–Crippen LogP) is 0.585. The summed E-state index contributed by atoms with van der Waals surface area (Å²) in [5.41, 5.74) is 0.788. The van der Waals surface area contributed by atoms with Crippen molar-refractivity contribution in [1.29, 1.82) is 0 Å². The van der Waals surface area contributed by atoms with E-state index in [2.05, 4.69) is 0 Å². The molecule has 0 amide bonds. The van der Waals surface area contributed by atoms with Crippen LogP contribution in [0.5, 0.6) is 5.75 Å². The normalized spacial score (nSPS) is 18.3. The maximum absolute atomic E-state index is 12.2. The number of rotatable bonds is 5. The summed E-state index contributed by atoms with van der Waals surface area (Å²) in [4.78, 5) is 14.1. The van der Waals surface area contributed by atoms with Crippen molar-refractivity contribution in [3.05, 3.63) is 23.8 Å². The highest BCUT2D eigenvalue weighted by Gasteiger charge is 2.58. The third-order valence-electron chi connectivity index (χ3n) is 3.73. The average Bonchev–Trinajstić information content (AvgIpc) is 3.13. The number of fused-ring (bicyclic) bond motifs is 1. The number of nitrogens with zero attached hydrogens (tertiary/aromatic N) is 1. The first-order valence-electron chi connectivity index (χ1n) is 6.55. The van der Waals surface area contributed by atoms with Gasteiger partial charge in [0, 0.05) is 13.1 Å². The smallest absolute Gasteiger partial charge is 0.210 e. The van der Waals surface area contributed by atoms with E-state index < -0.39 is 5.60 Å². The third-order valence-corrected chi connectivity index (χ3v) is 3.73. The minimum Gasteiger partial charge on any atom is -0.476 e. The SMILES string of the molecule is O=C1c2cccc(N(CCO)CCO)c2OC12CC2. The molecule has 0 unspecified atom stereocenters. The molecule has 1 spiro atoms. The summed E-state index contributed by atoms with van der Waals surface area (Å²) in [5.74, 6) is 0.671. The number of anilines is 1. The van der Waals surface area contributed by atoms with Gasteiger partial charge in [0.1, 0.15) is 0 Å². The Labute approximate surface area is 111 Å². The molecule has 1 fully saturated rings. The monoisotopic (exact) mass is 263 g/mol. The topological polar surface area (TPSA) is 70.0 Å². The molecule has 0 radical (unpaired) electrons. The van der Waals surface area contributed by atoms with Gasteiger partial charge in [0.15, 0.2) is 11.4 Å². The Bertz CT molecular complexity index is 504. The number of ketones is 1. The van der Waals surface area contributed by atoms with Gasteiger partial charge in [-0.15, -0.1) is 0 Å². The Morgan fingerprint density at radius 1 is 1.21 bits per heavy atom. The molecule has 1 heterocycles. The van der Waals surface area contributed by atoms with Gasteiger partial charge in [-0.1, -0.05) is 6.07 Å². The zero-order chi connectivity index (χ0) is 13.5. The number of aliphatic hydroxyl groups excluding tert-OH is 2. The zero-order valence-corrected chi connectivity index (χ0v) is 10.6. The summed E-state index contributed by atoms with van der Waals surface area (Å²) in [7, 11) is 0. The van der Waals surface area contributed by atoms with E-state index in [0.717, 1.165) is 18.5 Å². The second-order valence-electron chi connectivity index (χ2n) is 5.01. The van der Waals surface area contributed by atoms with Gasteiger partial charge < -0.3 is 19.8 Å². The first-order chi connectivity index (χ1) is 9.22. The molecule has 19 heavy (non-hydrogen) atoms. The zero-order valence-electron chi connectivity index (χ0n) is 10.6. The van der Waals surface area contributed by atoms with E-state index in [0.29, 0.717) is 24.4 Å². The second kappa shape index (κ2) is 4.51. The molecule has 0 saturated heterocycles. The standard InChI is InChI=1S/C14H17NO4/c16-8-6-15(7-9-17)11-3-1-2-10-12(11)19-14(4-5-14)13(10)18/h1-3,16-17H,4-9H2. The van der Waals surface area contributed by atoms with Crippen LogP contribution in [0.3, 0.4) is 0 Å². The van der Waals surface area contributed by atoms with Crippen molar-refractivity contribution in [1.82, 2.24) is 0 Å².